The molecular weight excluding hydrogens is 252 g/mol. The zero-order chi connectivity index (χ0) is 14.1. The van der Waals surface area contributed by atoms with Crippen LogP contribution in [0.3, 0.4) is 0 Å². The lowest BCUT2D eigenvalue weighted by Crippen LogP contribution is -1.94. The molecule has 0 aliphatic heterocycles. The van der Waals surface area contributed by atoms with E-state index in [9.17, 15) is 5.11 Å². The average molecular weight is 266 g/mol. The lowest BCUT2D eigenvalue weighted by atomic mass is 10.1. The Balaban J connectivity index is 2.10. The third-order valence-electron chi connectivity index (χ3n) is 3.09. The molecule has 0 unspecified atom stereocenters. The van der Waals surface area contributed by atoms with Gasteiger partial charge in [-0.2, -0.15) is 0 Å². The fourth-order valence-corrected chi connectivity index (χ4v) is 2.05. The number of nitrogens with zero attached hydrogens (tertiary/aromatic N) is 1. The summed E-state index contributed by atoms with van der Waals surface area (Å²) in [5, 5.41) is 11.3. The fraction of sp³-hybridized carbons (Fsp3) is 0.0625. The molecule has 0 saturated carbocycles. The van der Waals surface area contributed by atoms with Crippen LogP contribution in [0.1, 0.15) is 5.56 Å². The van der Waals surface area contributed by atoms with Gasteiger partial charge in [0.2, 0.25) is 5.88 Å². The molecule has 0 aliphatic carbocycles. The second-order valence-corrected chi connectivity index (χ2v) is 4.66. The van der Waals surface area contributed by atoms with Crippen molar-refractivity contribution >= 4 is 16.5 Å². The van der Waals surface area contributed by atoms with Crippen LogP contribution in [-0.4, -0.2) is 10.1 Å². The maximum Gasteiger partial charge on any atom is 0.227 e. The Morgan fingerprint density at radius 3 is 2.80 bits per heavy atom. The molecule has 3 aromatic rings. The quantitative estimate of drug-likeness (QED) is 0.695. The van der Waals surface area contributed by atoms with Gasteiger partial charge in [0, 0.05) is 11.6 Å². The van der Waals surface area contributed by atoms with Crippen LogP contribution in [0.2, 0.25) is 0 Å². The van der Waals surface area contributed by atoms with Gasteiger partial charge in [0.1, 0.15) is 5.75 Å². The molecule has 2 aromatic carbocycles. The molecule has 3 N–H and O–H groups in total. The van der Waals surface area contributed by atoms with Crippen molar-refractivity contribution < 1.29 is 9.84 Å². The van der Waals surface area contributed by atoms with Gasteiger partial charge in [-0.15, -0.1) is 0 Å². The van der Waals surface area contributed by atoms with E-state index >= 15 is 0 Å². The molecule has 0 bridgehead atoms. The van der Waals surface area contributed by atoms with E-state index in [1.54, 1.807) is 24.4 Å². The van der Waals surface area contributed by atoms with Crippen molar-refractivity contribution in [1.29, 1.82) is 0 Å². The Morgan fingerprint density at radius 2 is 1.95 bits per heavy atom. The number of hydrogen-bond acceptors (Lipinski definition) is 4. The first-order valence-corrected chi connectivity index (χ1v) is 6.25. The number of hydrogen-bond donors (Lipinski definition) is 2. The summed E-state index contributed by atoms with van der Waals surface area (Å²) in [5.74, 6) is 1.16. The maximum absolute atomic E-state index is 9.61. The third kappa shape index (κ3) is 2.23. The molecule has 4 nitrogen and oxygen atoms in total. The van der Waals surface area contributed by atoms with Gasteiger partial charge < -0.3 is 15.6 Å². The predicted molar refractivity (Wildman–Crippen MR) is 79.1 cm³/mol. The molecule has 100 valence electrons. The number of nitrogens with two attached hydrogens (primary N) is 1. The van der Waals surface area contributed by atoms with Crippen LogP contribution in [0.4, 0.5) is 5.69 Å². The van der Waals surface area contributed by atoms with Gasteiger partial charge in [0.25, 0.3) is 0 Å². The van der Waals surface area contributed by atoms with Gasteiger partial charge in [-0.05, 0) is 48.2 Å². The Labute approximate surface area is 116 Å². The van der Waals surface area contributed by atoms with Crippen molar-refractivity contribution in [1.82, 2.24) is 4.98 Å². The Morgan fingerprint density at radius 1 is 1.10 bits per heavy atom. The summed E-state index contributed by atoms with van der Waals surface area (Å²) in [5.41, 5.74) is 7.51. The molecule has 1 heterocycles. The molecule has 0 fully saturated rings. The van der Waals surface area contributed by atoms with Gasteiger partial charge >= 0.3 is 0 Å². The van der Waals surface area contributed by atoms with Crippen molar-refractivity contribution in [3.8, 4) is 17.4 Å². The van der Waals surface area contributed by atoms with Crippen LogP contribution in [0, 0.1) is 6.92 Å². The lowest BCUT2D eigenvalue weighted by Gasteiger charge is -2.10. The monoisotopic (exact) mass is 266 g/mol. The highest BCUT2D eigenvalue weighted by atomic mass is 16.5. The number of aryl methyl sites for hydroxylation is 1. The van der Waals surface area contributed by atoms with Crippen molar-refractivity contribution in [3.05, 3.63) is 54.2 Å². The molecule has 3 rings (SSSR count). The highest BCUT2D eigenvalue weighted by molar-refractivity contribution is 5.88. The Kier molecular flexibility index (Phi) is 2.91. The Bertz CT molecular complexity index is 785. The van der Waals surface area contributed by atoms with E-state index < -0.39 is 0 Å². The number of rotatable bonds is 2. The minimum atomic E-state index is 0.174. The van der Waals surface area contributed by atoms with E-state index in [2.05, 4.69) is 4.98 Å². The smallest absolute Gasteiger partial charge is 0.227 e. The van der Waals surface area contributed by atoms with E-state index in [0.717, 1.165) is 16.3 Å². The van der Waals surface area contributed by atoms with Crippen LogP contribution in [-0.2, 0) is 0 Å². The van der Waals surface area contributed by atoms with Crippen molar-refractivity contribution in [2.45, 2.75) is 6.92 Å². The fourth-order valence-electron chi connectivity index (χ4n) is 2.05. The molecule has 0 spiro atoms. The maximum atomic E-state index is 9.61. The summed E-state index contributed by atoms with van der Waals surface area (Å²) in [6, 6.07) is 12.5. The van der Waals surface area contributed by atoms with Gasteiger partial charge in [-0.1, -0.05) is 12.1 Å². The molecule has 20 heavy (non-hydrogen) atoms. The number of nitrogen functional groups attached to an aromatic ring is 1. The van der Waals surface area contributed by atoms with Crippen molar-refractivity contribution in [2.75, 3.05) is 5.73 Å². The summed E-state index contributed by atoms with van der Waals surface area (Å²) in [6.07, 6.45) is 1.67. The summed E-state index contributed by atoms with van der Waals surface area (Å²) >= 11 is 0. The number of fused-ring (bicyclic) bond motifs is 1. The first-order valence-electron chi connectivity index (χ1n) is 6.25. The molecule has 0 atom stereocenters. The number of anilines is 1. The zero-order valence-electron chi connectivity index (χ0n) is 11.0. The highest BCUT2D eigenvalue weighted by Gasteiger charge is 2.08. The van der Waals surface area contributed by atoms with Gasteiger partial charge in [0.15, 0.2) is 5.75 Å². The first kappa shape index (κ1) is 12.3. The Hall–Kier alpha value is -2.75. The number of aromatic hydroxyl groups is 1. The second-order valence-electron chi connectivity index (χ2n) is 4.66. The number of phenols is 1. The van der Waals surface area contributed by atoms with Gasteiger partial charge in [0.05, 0.1) is 5.69 Å². The third-order valence-corrected chi connectivity index (χ3v) is 3.09. The molecule has 0 amide bonds. The number of benzene rings is 2. The van der Waals surface area contributed by atoms with Gasteiger partial charge in [-0.3, -0.25) is 0 Å². The minimum absolute atomic E-state index is 0.174. The normalized spacial score (nSPS) is 10.7. The number of pyridine rings is 1. The van der Waals surface area contributed by atoms with Crippen LogP contribution in [0.15, 0.2) is 48.7 Å². The first-order chi connectivity index (χ1) is 9.63. The SMILES string of the molecule is Cc1ccc(N)c(Oc2nccc3ccc(O)cc23)c1. The number of ether oxygens (including phenoxy) is 1. The second kappa shape index (κ2) is 4.74. The molecule has 0 radical (unpaired) electrons. The van der Waals surface area contributed by atoms with E-state index in [0.29, 0.717) is 17.3 Å². The highest BCUT2D eigenvalue weighted by Crippen LogP contribution is 2.32. The number of aromatic nitrogens is 1. The van der Waals surface area contributed by atoms with Crippen molar-refractivity contribution in [3.63, 3.8) is 0 Å². The van der Waals surface area contributed by atoms with E-state index in [1.165, 1.54) is 0 Å². The molecular formula is C16H14N2O2. The average Bonchev–Trinajstić information content (AvgIpc) is 2.43. The van der Waals surface area contributed by atoms with E-state index in [4.69, 9.17) is 10.5 Å². The van der Waals surface area contributed by atoms with E-state index in [-0.39, 0.29) is 5.75 Å². The number of phenolic OH excluding ortho intramolecular Hbond substituents is 1. The van der Waals surface area contributed by atoms with Crippen molar-refractivity contribution in [2.24, 2.45) is 0 Å². The molecule has 1 aromatic heterocycles. The van der Waals surface area contributed by atoms with Crippen LogP contribution in [0.25, 0.3) is 10.8 Å². The molecule has 0 saturated heterocycles. The summed E-state index contributed by atoms with van der Waals surface area (Å²) in [4.78, 5) is 4.23. The summed E-state index contributed by atoms with van der Waals surface area (Å²) < 4.78 is 5.81. The van der Waals surface area contributed by atoms with Crippen LogP contribution < -0.4 is 10.5 Å². The molecule has 0 aliphatic rings. The van der Waals surface area contributed by atoms with Gasteiger partial charge in [-0.25, -0.2) is 4.98 Å². The minimum Gasteiger partial charge on any atom is -0.508 e. The largest absolute Gasteiger partial charge is 0.508 e. The van der Waals surface area contributed by atoms with E-state index in [1.807, 2.05) is 31.2 Å². The standard InChI is InChI=1S/C16H14N2O2/c1-10-2-5-14(17)15(8-10)20-16-13-9-12(19)4-3-11(13)6-7-18-16/h2-9,19H,17H2,1H3. The molecule has 4 heteroatoms. The summed E-state index contributed by atoms with van der Waals surface area (Å²) in [7, 11) is 0. The topological polar surface area (TPSA) is 68.4 Å². The predicted octanol–water partition coefficient (Wildman–Crippen LogP) is 3.62. The zero-order valence-corrected chi connectivity index (χ0v) is 11.0. The lowest BCUT2D eigenvalue weighted by molar-refractivity contribution is 0.466. The summed E-state index contributed by atoms with van der Waals surface area (Å²) in [6.45, 7) is 1.97. The van der Waals surface area contributed by atoms with Crippen LogP contribution >= 0.6 is 0 Å². The van der Waals surface area contributed by atoms with Crippen LogP contribution in [0.5, 0.6) is 17.4 Å².